The first-order chi connectivity index (χ1) is 12.0. The Labute approximate surface area is 153 Å². The normalized spacial score (nSPS) is 11.2. The van der Waals surface area contributed by atoms with Gasteiger partial charge in [-0.15, -0.1) is 0 Å². The first-order valence-corrected chi connectivity index (χ1v) is 8.77. The molecule has 0 unspecified atom stereocenters. The minimum absolute atomic E-state index is 0.145. The second-order valence-corrected chi connectivity index (χ2v) is 6.91. The Kier molecular flexibility index (Phi) is 5.30. The molecule has 0 radical (unpaired) electrons. The van der Waals surface area contributed by atoms with Crippen LogP contribution in [-0.2, 0) is 18.3 Å². The SMILES string of the molecule is Cn1cc(CC(=O)Nc2cccc(Cl)c2SC(F)F)c2ccccc21. The number of hydrogen-bond acceptors (Lipinski definition) is 2. The van der Waals surface area contributed by atoms with Crippen molar-refractivity contribution < 1.29 is 13.6 Å². The van der Waals surface area contributed by atoms with E-state index in [-0.39, 0.29) is 22.2 Å². The maximum Gasteiger partial charge on any atom is 0.289 e. The van der Waals surface area contributed by atoms with Gasteiger partial charge in [-0.1, -0.05) is 47.6 Å². The molecule has 0 saturated heterocycles. The molecule has 0 spiro atoms. The second kappa shape index (κ2) is 7.45. The predicted octanol–water partition coefficient (Wildman–Crippen LogP) is 5.33. The molecular weight excluding hydrogens is 366 g/mol. The van der Waals surface area contributed by atoms with Gasteiger partial charge in [0.2, 0.25) is 5.91 Å². The molecule has 3 aromatic rings. The second-order valence-electron chi connectivity index (χ2n) is 5.50. The van der Waals surface area contributed by atoms with Crippen molar-refractivity contribution in [3.05, 3.63) is 59.2 Å². The van der Waals surface area contributed by atoms with Crippen molar-refractivity contribution in [3.8, 4) is 0 Å². The highest BCUT2D eigenvalue weighted by Crippen LogP contribution is 2.37. The smallest absolute Gasteiger partial charge is 0.289 e. The topological polar surface area (TPSA) is 34.0 Å². The van der Waals surface area contributed by atoms with Gasteiger partial charge in [0.25, 0.3) is 5.76 Å². The van der Waals surface area contributed by atoms with E-state index in [1.807, 2.05) is 42.1 Å². The summed E-state index contributed by atoms with van der Waals surface area (Å²) in [7, 11) is 1.91. The van der Waals surface area contributed by atoms with Crippen molar-refractivity contribution in [2.24, 2.45) is 7.05 Å². The van der Waals surface area contributed by atoms with Crippen LogP contribution in [0.5, 0.6) is 0 Å². The molecule has 7 heteroatoms. The molecule has 3 rings (SSSR count). The van der Waals surface area contributed by atoms with Crippen LogP contribution in [-0.4, -0.2) is 16.2 Å². The van der Waals surface area contributed by atoms with E-state index in [0.29, 0.717) is 17.4 Å². The Morgan fingerprint density at radius 2 is 2.00 bits per heavy atom. The van der Waals surface area contributed by atoms with E-state index in [1.54, 1.807) is 12.1 Å². The summed E-state index contributed by atoms with van der Waals surface area (Å²) in [4.78, 5) is 12.6. The summed E-state index contributed by atoms with van der Waals surface area (Å²) in [6.45, 7) is 0. The van der Waals surface area contributed by atoms with Crippen molar-refractivity contribution in [3.63, 3.8) is 0 Å². The molecule has 1 aromatic heterocycles. The lowest BCUT2D eigenvalue weighted by Gasteiger charge is -2.12. The van der Waals surface area contributed by atoms with Gasteiger partial charge in [0.15, 0.2) is 0 Å². The highest BCUT2D eigenvalue weighted by atomic mass is 35.5. The van der Waals surface area contributed by atoms with Gasteiger partial charge in [0.05, 0.1) is 22.0 Å². The number of rotatable bonds is 5. The van der Waals surface area contributed by atoms with Crippen molar-refractivity contribution in [2.45, 2.75) is 17.1 Å². The quantitative estimate of drug-likeness (QED) is 0.607. The molecule has 25 heavy (non-hydrogen) atoms. The Balaban J connectivity index is 1.82. The highest BCUT2D eigenvalue weighted by molar-refractivity contribution is 7.99. The number of aryl methyl sites for hydroxylation is 1. The number of fused-ring (bicyclic) bond motifs is 1. The van der Waals surface area contributed by atoms with Gasteiger partial charge >= 0.3 is 0 Å². The molecule has 2 aromatic carbocycles. The minimum atomic E-state index is -2.62. The molecule has 0 saturated carbocycles. The third-order valence-electron chi connectivity index (χ3n) is 3.78. The van der Waals surface area contributed by atoms with E-state index in [4.69, 9.17) is 11.6 Å². The van der Waals surface area contributed by atoms with Gasteiger partial charge in [-0.25, -0.2) is 0 Å². The maximum absolute atomic E-state index is 12.7. The zero-order valence-electron chi connectivity index (χ0n) is 13.3. The van der Waals surface area contributed by atoms with Gasteiger partial charge in [-0.2, -0.15) is 8.78 Å². The monoisotopic (exact) mass is 380 g/mol. The predicted molar refractivity (Wildman–Crippen MR) is 98.6 cm³/mol. The van der Waals surface area contributed by atoms with Crippen molar-refractivity contribution in [2.75, 3.05) is 5.32 Å². The number of para-hydroxylation sites is 1. The van der Waals surface area contributed by atoms with Crippen molar-refractivity contribution in [1.82, 2.24) is 4.57 Å². The molecule has 0 aliphatic heterocycles. The zero-order chi connectivity index (χ0) is 18.0. The van der Waals surface area contributed by atoms with Gasteiger partial charge in [0, 0.05) is 24.1 Å². The third kappa shape index (κ3) is 3.96. The largest absolute Gasteiger partial charge is 0.350 e. The highest BCUT2D eigenvalue weighted by Gasteiger charge is 2.16. The van der Waals surface area contributed by atoms with E-state index in [9.17, 15) is 13.6 Å². The number of anilines is 1. The van der Waals surface area contributed by atoms with Crippen LogP contribution in [0.4, 0.5) is 14.5 Å². The molecule has 1 N–H and O–H groups in total. The number of carbonyl (C=O) groups is 1. The van der Waals surface area contributed by atoms with E-state index in [2.05, 4.69) is 5.32 Å². The average Bonchev–Trinajstić information content (AvgIpc) is 2.87. The van der Waals surface area contributed by atoms with Gasteiger partial charge in [0.1, 0.15) is 0 Å². The lowest BCUT2D eigenvalue weighted by atomic mass is 10.1. The minimum Gasteiger partial charge on any atom is -0.350 e. The standard InChI is InChI=1S/C18H15ClF2N2OS/c1-23-10-11(12-5-2-3-8-15(12)23)9-16(24)22-14-7-4-6-13(19)17(14)25-18(20)21/h2-8,10,18H,9H2,1H3,(H,22,24). The number of hydrogen-bond donors (Lipinski definition) is 1. The maximum atomic E-state index is 12.7. The van der Waals surface area contributed by atoms with E-state index < -0.39 is 5.76 Å². The summed E-state index contributed by atoms with van der Waals surface area (Å²) in [6.07, 6.45) is 2.05. The first-order valence-electron chi connectivity index (χ1n) is 7.52. The summed E-state index contributed by atoms with van der Waals surface area (Å²) in [6, 6.07) is 12.5. The summed E-state index contributed by atoms with van der Waals surface area (Å²) in [5.41, 5.74) is 2.20. The Hall–Kier alpha value is -2.05. The van der Waals surface area contributed by atoms with Crippen LogP contribution in [0.3, 0.4) is 0 Å². The lowest BCUT2D eigenvalue weighted by molar-refractivity contribution is -0.115. The number of aromatic nitrogens is 1. The lowest BCUT2D eigenvalue weighted by Crippen LogP contribution is -2.15. The van der Waals surface area contributed by atoms with Crippen LogP contribution in [0.2, 0.25) is 5.02 Å². The zero-order valence-corrected chi connectivity index (χ0v) is 14.9. The van der Waals surface area contributed by atoms with Crippen molar-refractivity contribution in [1.29, 1.82) is 0 Å². The van der Waals surface area contributed by atoms with Crippen molar-refractivity contribution >= 4 is 45.9 Å². The van der Waals surface area contributed by atoms with Crippen LogP contribution in [0.25, 0.3) is 10.9 Å². The third-order valence-corrected chi connectivity index (χ3v) is 5.06. The molecule has 130 valence electrons. The first kappa shape index (κ1) is 17.8. The fourth-order valence-corrected chi connectivity index (χ4v) is 3.66. The number of halogens is 3. The summed E-state index contributed by atoms with van der Waals surface area (Å²) < 4.78 is 27.4. The van der Waals surface area contributed by atoms with Gasteiger partial charge < -0.3 is 9.88 Å². The molecule has 0 bridgehead atoms. The molecule has 3 nitrogen and oxygen atoms in total. The number of carbonyl (C=O) groups excluding carboxylic acids is 1. The van der Waals surface area contributed by atoms with Gasteiger partial charge in [-0.3, -0.25) is 4.79 Å². The van der Waals surface area contributed by atoms with Gasteiger partial charge in [-0.05, 0) is 23.8 Å². The van der Waals surface area contributed by atoms with E-state index >= 15 is 0 Å². The molecular formula is C18H15ClF2N2OS. The van der Waals surface area contributed by atoms with Crippen LogP contribution < -0.4 is 5.32 Å². The molecule has 1 amide bonds. The number of alkyl halides is 2. The molecule has 0 aliphatic carbocycles. The van der Waals surface area contributed by atoms with Crippen LogP contribution in [0.15, 0.2) is 53.6 Å². The van der Waals surface area contributed by atoms with E-state index in [1.165, 1.54) is 6.07 Å². The molecule has 1 heterocycles. The number of benzene rings is 2. The Morgan fingerprint density at radius 1 is 1.24 bits per heavy atom. The summed E-state index contributed by atoms with van der Waals surface area (Å²) in [5.74, 6) is -2.90. The Morgan fingerprint density at radius 3 is 2.76 bits per heavy atom. The Bertz CT molecular complexity index is 927. The van der Waals surface area contributed by atoms with Crippen LogP contribution >= 0.6 is 23.4 Å². The molecule has 0 aliphatic rings. The van der Waals surface area contributed by atoms with Crippen LogP contribution in [0.1, 0.15) is 5.56 Å². The molecule has 0 fully saturated rings. The summed E-state index contributed by atoms with van der Waals surface area (Å²) >= 11 is 6.31. The average molecular weight is 381 g/mol. The number of nitrogens with zero attached hydrogens (tertiary/aromatic N) is 1. The fourth-order valence-electron chi connectivity index (χ4n) is 2.75. The number of thioether (sulfide) groups is 1. The fraction of sp³-hybridized carbons (Fsp3) is 0.167. The van der Waals surface area contributed by atoms with E-state index in [0.717, 1.165) is 16.5 Å². The molecule has 0 atom stereocenters. The number of amides is 1. The number of nitrogens with one attached hydrogen (secondary N) is 1. The van der Waals surface area contributed by atoms with Crippen LogP contribution in [0, 0.1) is 0 Å². The summed E-state index contributed by atoms with van der Waals surface area (Å²) in [5, 5.41) is 3.87.